The number of ether oxygens (including phenoxy) is 2. The van der Waals surface area contributed by atoms with Crippen molar-refractivity contribution in [3.63, 3.8) is 0 Å². The molecular formula is C47H48N6O7Si. The summed E-state index contributed by atoms with van der Waals surface area (Å²) < 4.78 is 14.5. The maximum atomic E-state index is 15.4. The third-order valence-electron chi connectivity index (χ3n) is 12.7. The van der Waals surface area contributed by atoms with E-state index in [-0.39, 0.29) is 36.2 Å². The molecule has 0 saturated carbocycles. The molecule has 6 aromatic rings. The minimum absolute atomic E-state index is 0.124. The number of non-ortho nitro benzene ring substituents is 1. The number of nitrogens with zero attached hydrogens (tertiary/aromatic N) is 6. The van der Waals surface area contributed by atoms with E-state index < -0.39 is 30.6 Å². The molecular weight excluding hydrogens is 789 g/mol. The molecule has 312 valence electrons. The van der Waals surface area contributed by atoms with Gasteiger partial charge in [0.25, 0.3) is 11.6 Å². The van der Waals surface area contributed by atoms with Crippen molar-refractivity contribution in [3.05, 3.63) is 166 Å². The van der Waals surface area contributed by atoms with Crippen molar-refractivity contribution in [1.29, 1.82) is 0 Å². The number of para-hydroxylation sites is 1. The normalized spacial score (nSPS) is 20.1. The van der Waals surface area contributed by atoms with E-state index >= 15 is 4.79 Å². The SMILES string of the molecule is COc1ccc([Si](C)(C)[C@@H]2[C@@H](CCn3cc(C(CO)c4ccccc4)nn3)O[C@]3(C(=O)N(Cc4ccc(N(C=O)c5ccccc5)cc4)c4ccc([N+](=O)[O-])cc43)[C@H]2C)cc1. The van der Waals surface area contributed by atoms with Crippen LogP contribution in [0.3, 0.4) is 0 Å². The van der Waals surface area contributed by atoms with Crippen molar-refractivity contribution in [3.8, 4) is 5.75 Å². The van der Waals surface area contributed by atoms with Gasteiger partial charge in [-0.1, -0.05) is 103 Å². The third-order valence-corrected chi connectivity index (χ3v) is 17.0. The number of aliphatic hydroxyl groups is 1. The van der Waals surface area contributed by atoms with E-state index in [1.807, 2.05) is 103 Å². The Morgan fingerprint density at radius 1 is 0.967 bits per heavy atom. The second-order valence-corrected chi connectivity index (χ2v) is 21.0. The van der Waals surface area contributed by atoms with Gasteiger partial charge in [-0.2, -0.15) is 0 Å². The third kappa shape index (κ3) is 7.51. The molecule has 61 heavy (non-hydrogen) atoms. The lowest BCUT2D eigenvalue weighted by Crippen LogP contribution is -2.51. The van der Waals surface area contributed by atoms with Gasteiger partial charge in [-0.15, -0.1) is 5.10 Å². The van der Waals surface area contributed by atoms with Gasteiger partial charge >= 0.3 is 0 Å². The lowest BCUT2D eigenvalue weighted by molar-refractivity contribution is -0.385. The second-order valence-electron chi connectivity index (χ2n) is 16.3. The molecule has 14 heteroatoms. The summed E-state index contributed by atoms with van der Waals surface area (Å²) in [4.78, 5) is 42.6. The molecule has 2 amide bonds. The number of hydrogen-bond donors (Lipinski definition) is 1. The van der Waals surface area contributed by atoms with Crippen LogP contribution in [0.2, 0.25) is 18.6 Å². The number of aliphatic hydroxyl groups excluding tert-OH is 1. The van der Waals surface area contributed by atoms with Gasteiger partial charge in [0.15, 0.2) is 5.60 Å². The molecule has 3 heterocycles. The first-order chi connectivity index (χ1) is 29.5. The van der Waals surface area contributed by atoms with Crippen molar-refractivity contribution in [2.24, 2.45) is 5.92 Å². The summed E-state index contributed by atoms with van der Waals surface area (Å²) in [5, 5.41) is 32.7. The number of aromatic nitrogens is 3. The van der Waals surface area contributed by atoms with Crippen LogP contribution in [0.5, 0.6) is 5.75 Å². The first-order valence-corrected chi connectivity index (χ1v) is 23.5. The van der Waals surface area contributed by atoms with E-state index in [1.165, 1.54) is 12.1 Å². The van der Waals surface area contributed by atoms with Gasteiger partial charge in [-0.3, -0.25) is 29.3 Å². The average Bonchev–Trinajstić information content (AvgIpc) is 3.94. The molecule has 0 bridgehead atoms. The number of carbonyl (C=O) groups is 2. The summed E-state index contributed by atoms with van der Waals surface area (Å²) in [5.74, 6) is -0.265. The Labute approximate surface area is 355 Å². The highest BCUT2D eigenvalue weighted by Crippen LogP contribution is 2.60. The number of hydrogen-bond acceptors (Lipinski definition) is 9. The first kappa shape index (κ1) is 41.3. The molecule has 5 atom stereocenters. The summed E-state index contributed by atoms with van der Waals surface area (Å²) in [6.45, 7) is 7.10. The molecule has 13 nitrogen and oxygen atoms in total. The number of methoxy groups -OCH3 is 1. The number of fused-ring (bicyclic) bond motifs is 2. The Morgan fingerprint density at radius 2 is 1.64 bits per heavy atom. The van der Waals surface area contributed by atoms with Crippen LogP contribution in [0.4, 0.5) is 22.7 Å². The zero-order valence-corrected chi connectivity index (χ0v) is 35.5. The topological polar surface area (TPSA) is 153 Å². The van der Waals surface area contributed by atoms with Crippen molar-refractivity contribution < 1.29 is 29.1 Å². The van der Waals surface area contributed by atoms with Crippen LogP contribution in [-0.2, 0) is 33.0 Å². The van der Waals surface area contributed by atoms with Gasteiger partial charge in [0.1, 0.15) is 5.75 Å². The average molecular weight is 837 g/mol. The number of amides is 2. The van der Waals surface area contributed by atoms with E-state index in [4.69, 9.17) is 9.47 Å². The first-order valence-electron chi connectivity index (χ1n) is 20.4. The molecule has 1 N–H and O–H groups in total. The molecule has 0 radical (unpaired) electrons. The maximum Gasteiger partial charge on any atom is 0.269 e. The van der Waals surface area contributed by atoms with Crippen LogP contribution in [0.15, 0.2) is 134 Å². The quantitative estimate of drug-likeness (QED) is 0.0481. The van der Waals surface area contributed by atoms with Gasteiger partial charge in [-0.25, -0.2) is 0 Å². The summed E-state index contributed by atoms with van der Waals surface area (Å²) in [7, 11) is -0.896. The highest BCUT2D eigenvalue weighted by molar-refractivity contribution is 6.91. The number of nitro benzene ring substituents is 1. The lowest BCUT2D eigenvalue weighted by Gasteiger charge is -2.37. The predicted octanol–water partition coefficient (Wildman–Crippen LogP) is 7.47. The Morgan fingerprint density at radius 3 is 2.28 bits per heavy atom. The highest BCUT2D eigenvalue weighted by Gasteiger charge is 2.66. The zero-order chi connectivity index (χ0) is 42.9. The minimum atomic E-state index is -2.53. The zero-order valence-electron chi connectivity index (χ0n) is 34.5. The molecule has 1 spiro atoms. The molecule has 2 aliphatic rings. The molecule has 1 fully saturated rings. The fourth-order valence-corrected chi connectivity index (χ4v) is 13.6. The summed E-state index contributed by atoms with van der Waals surface area (Å²) >= 11 is 0. The van der Waals surface area contributed by atoms with Crippen LogP contribution >= 0.6 is 0 Å². The largest absolute Gasteiger partial charge is 0.497 e. The number of aryl methyl sites for hydroxylation is 1. The number of benzene rings is 5. The Bertz CT molecular complexity index is 2520. The van der Waals surface area contributed by atoms with Gasteiger partial charge in [0.05, 0.1) is 56.7 Å². The van der Waals surface area contributed by atoms with Crippen molar-refractivity contribution in [2.45, 2.75) is 62.7 Å². The van der Waals surface area contributed by atoms with Crippen molar-refractivity contribution in [1.82, 2.24) is 15.0 Å². The van der Waals surface area contributed by atoms with E-state index in [0.29, 0.717) is 35.6 Å². The monoisotopic (exact) mass is 836 g/mol. The summed E-state index contributed by atoms with van der Waals surface area (Å²) in [5.41, 5.74) is 3.05. The number of rotatable bonds is 15. The van der Waals surface area contributed by atoms with Crippen molar-refractivity contribution in [2.75, 3.05) is 23.5 Å². The molecule has 0 aliphatic carbocycles. The number of nitro groups is 1. The highest BCUT2D eigenvalue weighted by atomic mass is 28.3. The van der Waals surface area contributed by atoms with E-state index in [2.05, 4.69) is 42.5 Å². The standard InChI is InChI=1S/C47H48N6O7Si/c1-32-45(61(3,4)39-22-20-38(59-2)21-23-39)44(25-26-50-29-42(48-49-50)40(30-54)34-11-7-5-8-12-34)60-47(32)41-27-37(53(57)58)19-24-43(41)51(46(47)56)28-33-15-17-36(18-16-33)52(31-55)35-13-9-6-10-14-35/h5-24,27,29,31-32,40,44-45,54H,25-26,28,30H2,1-4H3/t32-,40?,44+,45-,47+/m0/s1. The lowest BCUT2D eigenvalue weighted by atomic mass is 9.82. The van der Waals surface area contributed by atoms with Gasteiger partial charge in [0.2, 0.25) is 6.41 Å². The Balaban J connectivity index is 1.15. The molecule has 1 aromatic heterocycles. The molecule has 5 aromatic carbocycles. The molecule has 1 saturated heterocycles. The molecule has 1 unspecified atom stereocenters. The summed E-state index contributed by atoms with van der Waals surface area (Å²) in [6, 6.07) is 39.2. The Hall–Kier alpha value is -6.48. The van der Waals surface area contributed by atoms with Gasteiger partial charge in [-0.05, 0) is 65.6 Å². The van der Waals surface area contributed by atoms with Gasteiger partial charge < -0.3 is 19.5 Å². The van der Waals surface area contributed by atoms with E-state index in [0.717, 1.165) is 34.2 Å². The van der Waals surface area contributed by atoms with E-state index in [9.17, 15) is 20.0 Å². The van der Waals surface area contributed by atoms with Crippen LogP contribution in [0, 0.1) is 16.0 Å². The maximum absolute atomic E-state index is 15.4. The number of anilines is 3. The van der Waals surface area contributed by atoms with Crippen LogP contribution in [0.1, 0.15) is 41.6 Å². The van der Waals surface area contributed by atoms with Crippen molar-refractivity contribution >= 4 is 48.3 Å². The fourth-order valence-electron chi connectivity index (χ4n) is 9.54. The smallest absolute Gasteiger partial charge is 0.269 e. The van der Waals surface area contributed by atoms with Crippen LogP contribution in [-0.4, -0.2) is 65.2 Å². The summed E-state index contributed by atoms with van der Waals surface area (Å²) in [6.07, 6.45) is 2.65. The van der Waals surface area contributed by atoms with Crippen LogP contribution < -0.4 is 19.7 Å². The second kappa shape index (κ2) is 16.9. The molecule has 8 rings (SSSR count). The van der Waals surface area contributed by atoms with Gasteiger partial charge in [0, 0.05) is 47.7 Å². The fraction of sp³-hybridized carbons (Fsp3) is 0.277. The van der Waals surface area contributed by atoms with E-state index in [1.54, 1.807) is 27.7 Å². The van der Waals surface area contributed by atoms with Crippen LogP contribution in [0.25, 0.3) is 0 Å². The molecule has 2 aliphatic heterocycles. The predicted molar refractivity (Wildman–Crippen MR) is 235 cm³/mol. The number of carbonyl (C=O) groups excluding carboxylic acids is 2. The Kier molecular flexibility index (Phi) is 11.4. The minimum Gasteiger partial charge on any atom is -0.497 e.